The Kier molecular flexibility index (Phi) is 3.18. The van der Waals surface area contributed by atoms with E-state index in [1.54, 1.807) is 0 Å². The molecule has 0 radical (unpaired) electrons. The number of furan rings is 1. The third-order valence-corrected chi connectivity index (χ3v) is 2.27. The smallest absolute Gasteiger partial charge is 0.129 e. The van der Waals surface area contributed by atoms with Crippen molar-refractivity contribution in [1.82, 2.24) is 0 Å². The summed E-state index contributed by atoms with van der Waals surface area (Å²) in [5, 5.41) is 0. The molecule has 1 saturated heterocycles. The first-order chi connectivity index (χ1) is 6.88. The van der Waals surface area contributed by atoms with Crippen LogP contribution in [0.1, 0.15) is 17.9 Å². The molecule has 1 fully saturated rings. The van der Waals surface area contributed by atoms with Crippen LogP contribution >= 0.6 is 0 Å². The van der Waals surface area contributed by atoms with E-state index in [2.05, 4.69) is 0 Å². The first kappa shape index (κ1) is 9.71. The maximum absolute atomic E-state index is 5.59. The van der Waals surface area contributed by atoms with E-state index in [-0.39, 0.29) is 6.10 Å². The van der Waals surface area contributed by atoms with E-state index in [1.807, 2.05) is 12.1 Å². The number of nitrogens with two attached hydrogens (primary N) is 1. The van der Waals surface area contributed by atoms with Crippen molar-refractivity contribution in [2.45, 2.75) is 25.7 Å². The fourth-order valence-corrected chi connectivity index (χ4v) is 1.45. The van der Waals surface area contributed by atoms with Crippen LogP contribution in [0.15, 0.2) is 16.5 Å². The van der Waals surface area contributed by atoms with Crippen LogP contribution in [0.4, 0.5) is 0 Å². The first-order valence-corrected chi connectivity index (χ1v) is 4.85. The van der Waals surface area contributed by atoms with Gasteiger partial charge in [-0.2, -0.15) is 0 Å². The second kappa shape index (κ2) is 4.59. The van der Waals surface area contributed by atoms with Crippen molar-refractivity contribution < 1.29 is 13.9 Å². The maximum atomic E-state index is 5.59. The third-order valence-electron chi connectivity index (χ3n) is 2.27. The average molecular weight is 197 g/mol. The lowest BCUT2D eigenvalue weighted by Gasteiger charge is -2.07. The van der Waals surface area contributed by atoms with Crippen LogP contribution in [0.3, 0.4) is 0 Å². The highest BCUT2D eigenvalue weighted by atomic mass is 16.5. The molecular weight excluding hydrogens is 182 g/mol. The fourth-order valence-electron chi connectivity index (χ4n) is 1.45. The second-order valence-electron chi connectivity index (χ2n) is 3.37. The van der Waals surface area contributed by atoms with Crippen molar-refractivity contribution in [3.63, 3.8) is 0 Å². The van der Waals surface area contributed by atoms with E-state index >= 15 is 0 Å². The predicted molar refractivity (Wildman–Crippen MR) is 50.6 cm³/mol. The number of hydrogen-bond donors (Lipinski definition) is 1. The van der Waals surface area contributed by atoms with Gasteiger partial charge in [0.15, 0.2) is 0 Å². The van der Waals surface area contributed by atoms with E-state index in [1.165, 1.54) is 0 Å². The van der Waals surface area contributed by atoms with Gasteiger partial charge in [-0.25, -0.2) is 0 Å². The summed E-state index contributed by atoms with van der Waals surface area (Å²) in [7, 11) is 0. The number of rotatable bonds is 4. The van der Waals surface area contributed by atoms with E-state index in [9.17, 15) is 0 Å². The first-order valence-electron chi connectivity index (χ1n) is 4.85. The van der Waals surface area contributed by atoms with E-state index < -0.39 is 0 Å². The molecule has 2 N–H and O–H groups in total. The minimum atomic E-state index is 0.224. The molecule has 1 aliphatic rings. The summed E-state index contributed by atoms with van der Waals surface area (Å²) >= 11 is 0. The van der Waals surface area contributed by atoms with Gasteiger partial charge in [-0.1, -0.05) is 0 Å². The quantitative estimate of drug-likeness (QED) is 0.783. The van der Waals surface area contributed by atoms with Gasteiger partial charge in [0.2, 0.25) is 0 Å². The van der Waals surface area contributed by atoms with Gasteiger partial charge in [0, 0.05) is 6.61 Å². The molecule has 1 aromatic rings. The molecule has 1 unspecified atom stereocenters. The molecule has 0 amide bonds. The second-order valence-corrected chi connectivity index (χ2v) is 3.37. The van der Waals surface area contributed by atoms with Crippen molar-refractivity contribution in [2.75, 3.05) is 13.2 Å². The summed E-state index contributed by atoms with van der Waals surface area (Å²) in [4.78, 5) is 0. The summed E-state index contributed by atoms with van der Waals surface area (Å²) in [5.74, 6) is 1.63. The molecule has 14 heavy (non-hydrogen) atoms. The van der Waals surface area contributed by atoms with E-state index in [0.29, 0.717) is 19.8 Å². The van der Waals surface area contributed by atoms with Crippen LogP contribution < -0.4 is 5.73 Å². The van der Waals surface area contributed by atoms with Crippen molar-refractivity contribution in [3.8, 4) is 0 Å². The summed E-state index contributed by atoms with van der Waals surface area (Å²) in [6.45, 7) is 2.45. The number of hydrogen-bond acceptors (Lipinski definition) is 4. The highest BCUT2D eigenvalue weighted by molar-refractivity contribution is 5.05. The zero-order chi connectivity index (χ0) is 9.80. The van der Waals surface area contributed by atoms with Crippen molar-refractivity contribution >= 4 is 0 Å². The standard InChI is InChI=1S/C10H15NO3/c11-5-8-1-2-10(14-8)7-13-9-3-4-12-6-9/h1-2,9H,3-7,11H2. The Balaban J connectivity index is 1.79. The molecular formula is C10H15NO3. The highest BCUT2D eigenvalue weighted by Crippen LogP contribution is 2.13. The summed E-state index contributed by atoms with van der Waals surface area (Å²) in [6, 6.07) is 3.78. The minimum absolute atomic E-state index is 0.224. The molecule has 2 heterocycles. The molecule has 4 heteroatoms. The Hall–Kier alpha value is -0.840. The summed E-state index contributed by atoms with van der Waals surface area (Å²) in [5.41, 5.74) is 5.43. The third kappa shape index (κ3) is 2.35. The molecule has 0 saturated carbocycles. The van der Waals surface area contributed by atoms with Gasteiger partial charge in [-0.15, -0.1) is 0 Å². The Labute approximate surface area is 83.0 Å². The topological polar surface area (TPSA) is 57.6 Å². The van der Waals surface area contributed by atoms with Gasteiger partial charge in [-0.05, 0) is 18.6 Å². The van der Waals surface area contributed by atoms with Crippen molar-refractivity contribution in [2.24, 2.45) is 5.73 Å². The van der Waals surface area contributed by atoms with Gasteiger partial charge in [-0.3, -0.25) is 0 Å². The molecule has 0 bridgehead atoms. The van der Waals surface area contributed by atoms with Gasteiger partial charge in [0.25, 0.3) is 0 Å². The number of ether oxygens (including phenoxy) is 2. The molecule has 78 valence electrons. The minimum Gasteiger partial charge on any atom is -0.462 e. The zero-order valence-corrected chi connectivity index (χ0v) is 8.07. The zero-order valence-electron chi connectivity index (χ0n) is 8.07. The molecule has 0 spiro atoms. The molecule has 1 aliphatic heterocycles. The normalized spacial score (nSPS) is 21.6. The van der Waals surface area contributed by atoms with Crippen LogP contribution in [0.25, 0.3) is 0 Å². The Morgan fingerprint density at radius 1 is 1.43 bits per heavy atom. The van der Waals surface area contributed by atoms with Crippen LogP contribution in [0.5, 0.6) is 0 Å². The monoisotopic (exact) mass is 197 g/mol. The SMILES string of the molecule is NCc1ccc(COC2CCOC2)o1. The van der Waals surface area contributed by atoms with E-state index in [4.69, 9.17) is 19.6 Å². The van der Waals surface area contributed by atoms with Gasteiger partial charge in [0.05, 0.1) is 19.3 Å². The largest absolute Gasteiger partial charge is 0.462 e. The average Bonchev–Trinajstić information content (AvgIpc) is 2.86. The highest BCUT2D eigenvalue weighted by Gasteiger charge is 2.16. The fraction of sp³-hybridized carbons (Fsp3) is 0.600. The maximum Gasteiger partial charge on any atom is 0.129 e. The lowest BCUT2D eigenvalue weighted by Crippen LogP contribution is -2.11. The molecule has 2 rings (SSSR count). The lowest BCUT2D eigenvalue weighted by molar-refractivity contribution is 0.0231. The predicted octanol–water partition coefficient (Wildman–Crippen LogP) is 1.04. The molecule has 1 aromatic heterocycles. The van der Waals surface area contributed by atoms with Crippen LogP contribution in [0.2, 0.25) is 0 Å². The van der Waals surface area contributed by atoms with Crippen molar-refractivity contribution in [3.05, 3.63) is 23.7 Å². The molecule has 0 aromatic carbocycles. The summed E-state index contributed by atoms with van der Waals surface area (Å²) < 4.78 is 16.2. The molecule has 1 atom stereocenters. The summed E-state index contributed by atoms with van der Waals surface area (Å²) in [6.07, 6.45) is 1.20. The van der Waals surface area contributed by atoms with Crippen LogP contribution in [0, 0.1) is 0 Å². The van der Waals surface area contributed by atoms with Crippen LogP contribution in [-0.2, 0) is 22.6 Å². The Morgan fingerprint density at radius 3 is 2.93 bits per heavy atom. The van der Waals surface area contributed by atoms with Crippen molar-refractivity contribution in [1.29, 1.82) is 0 Å². The lowest BCUT2D eigenvalue weighted by atomic mass is 10.3. The van der Waals surface area contributed by atoms with Gasteiger partial charge in [0.1, 0.15) is 18.1 Å². The van der Waals surface area contributed by atoms with Crippen LogP contribution in [-0.4, -0.2) is 19.3 Å². The Bertz CT molecular complexity index is 279. The Morgan fingerprint density at radius 2 is 2.29 bits per heavy atom. The van der Waals surface area contributed by atoms with E-state index in [0.717, 1.165) is 24.5 Å². The molecule has 0 aliphatic carbocycles. The molecule has 4 nitrogen and oxygen atoms in total. The van der Waals surface area contributed by atoms with Gasteiger partial charge < -0.3 is 19.6 Å². The van der Waals surface area contributed by atoms with Gasteiger partial charge >= 0.3 is 0 Å².